The van der Waals surface area contributed by atoms with Gasteiger partial charge >= 0.3 is 0 Å². The summed E-state index contributed by atoms with van der Waals surface area (Å²) in [5.74, 6) is -0.0982. The van der Waals surface area contributed by atoms with Gasteiger partial charge in [-0.05, 0) is 30.2 Å². The number of piperazine rings is 1. The summed E-state index contributed by atoms with van der Waals surface area (Å²) in [5.41, 5.74) is 2.53. The Morgan fingerprint density at radius 1 is 1.00 bits per heavy atom. The maximum Gasteiger partial charge on any atom is 0.238 e. The minimum absolute atomic E-state index is 0.114. The maximum atomic E-state index is 12.6. The van der Waals surface area contributed by atoms with E-state index in [4.69, 9.17) is 34.8 Å². The number of aryl methyl sites for hydroxylation is 1. The average Bonchev–Trinajstić information content (AvgIpc) is 2.67. The number of hydrogen-bond donors (Lipinski definition) is 1. The lowest BCUT2D eigenvalue weighted by Crippen LogP contribution is -2.50. The number of benzene rings is 2. The molecule has 0 atom stereocenters. The molecule has 1 fully saturated rings. The third-order valence-electron chi connectivity index (χ3n) is 4.97. The highest BCUT2D eigenvalue weighted by atomic mass is 35.5. The van der Waals surface area contributed by atoms with Crippen LogP contribution in [0.3, 0.4) is 0 Å². The number of carbonyl (C=O) groups excluding carboxylic acids is 2. The van der Waals surface area contributed by atoms with Crippen LogP contribution in [0.2, 0.25) is 15.1 Å². The van der Waals surface area contributed by atoms with Crippen molar-refractivity contribution in [1.82, 2.24) is 9.80 Å². The predicted molar refractivity (Wildman–Crippen MR) is 118 cm³/mol. The Hall–Kier alpha value is -1.79. The van der Waals surface area contributed by atoms with Gasteiger partial charge in [-0.3, -0.25) is 14.5 Å². The molecule has 5 nitrogen and oxygen atoms in total. The van der Waals surface area contributed by atoms with Gasteiger partial charge in [0.05, 0.1) is 28.7 Å². The first-order valence-corrected chi connectivity index (χ1v) is 10.5. The highest BCUT2D eigenvalue weighted by molar-refractivity contribution is 6.42. The molecule has 2 aromatic rings. The molecule has 3 rings (SSSR count). The number of carbonyl (C=O) groups is 2. The van der Waals surface area contributed by atoms with Crippen molar-refractivity contribution in [3.8, 4) is 0 Å². The van der Waals surface area contributed by atoms with Gasteiger partial charge in [-0.2, -0.15) is 0 Å². The molecule has 1 N–H and O–H groups in total. The van der Waals surface area contributed by atoms with Crippen LogP contribution in [-0.2, 0) is 16.0 Å². The van der Waals surface area contributed by atoms with E-state index in [9.17, 15) is 9.59 Å². The molecule has 154 valence electrons. The van der Waals surface area contributed by atoms with Crippen molar-refractivity contribution < 1.29 is 9.59 Å². The van der Waals surface area contributed by atoms with Gasteiger partial charge in [0.2, 0.25) is 11.8 Å². The maximum absolute atomic E-state index is 12.6. The van der Waals surface area contributed by atoms with Crippen molar-refractivity contribution in [2.24, 2.45) is 0 Å². The van der Waals surface area contributed by atoms with Crippen molar-refractivity contribution >= 4 is 52.3 Å². The molecule has 0 saturated carbocycles. The molecule has 0 radical (unpaired) electrons. The minimum Gasteiger partial charge on any atom is -0.340 e. The average molecular weight is 455 g/mol. The van der Waals surface area contributed by atoms with Crippen LogP contribution < -0.4 is 5.32 Å². The van der Waals surface area contributed by atoms with Crippen molar-refractivity contribution in [3.05, 3.63) is 62.6 Å². The molecule has 1 heterocycles. The van der Waals surface area contributed by atoms with Crippen LogP contribution in [0.25, 0.3) is 0 Å². The van der Waals surface area contributed by atoms with E-state index >= 15 is 0 Å². The molecule has 0 unspecified atom stereocenters. The van der Waals surface area contributed by atoms with Gasteiger partial charge in [0.25, 0.3) is 0 Å². The Morgan fingerprint density at radius 3 is 2.24 bits per heavy atom. The van der Waals surface area contributed by atoms with Crippen molar-refractivity contribution in [3.63, 3.8) is 0 Å². The number of anilines is 1. The molecule has 2 aromatic carbocycles. The first kappa shape index (κ1) is 21.9. The fourth-order valence-electron chi connectivity index (χ4n) is 3.28. The molecular formula is C21H22Cl3N3O2. The van der Waals surface area contributed by atoms with Gasteiger partial charge in [-0.1, -0.05) is 59.1 Å². The molecule has 0 aromatic heterocycles. The minimum atomic E-state index is -0.212. The van der Waals surface area contributed by atoms with Gasteiger partial charge in [-0.15, -0.1) is 0 Å². The zero-order valence-corrected chi connectivity index (χ0v) is 18.3. The lowest BCUT2D eigenvalue weighted by Gasteiger charge is -2.34. The van der Waals surface area contributed by atoms with Gasteiger partial charge in [0, 0.05) is 31.2 Å². The summed E-state index contributed by atoms with van der Waals surface area (Å²) in [6, 6.07) is 11.0. The summed E-state index contributed by atoms with van der Waals surface area (Å²) in [4.78, 5) is 28.8. The third kappa shape index (κ3) is 5.86. The summed E-state index contributed by atoms with van der Waals surface area (Å²) in [5, 5.41) is 3.74. The highest BCUT2D eigenvalue weighted by Gasteiger charge is 2.23. The van der Waals surface area contributed by atoms with Crippen LogP contribution >= 0.6 is 34.8 Å². The van der Waals surface area contributed by atoms with Crippen LogP contribution in [0, 0.1) is 6.92 Å². The van der Waals surface area contributed by atoms with E-state index < -0.39 is 0 Å². The molecular weight excluding hydrogens is 433 g/mol. The second-order valence-corrected chi connectivity index (χ2v) is 8.30. The lowest BCUT2D eigenvalue weighted by atomic mass is 10.1. The monoisotopic (exact) mass is 453 g/mol. The standard InChI is InChI=1S/C21H22Cl3N3O2/c1-14-4-2-3-5-15(14)10-20(29)27-8-6-26(7-9-27)13-19(28)25-21-17(23)11-16(22)12-18(21)24/h2-5,11-12H,6-10,13H2,1H3,(H,25,28). The summed E-state index contributed by atoms with van der Waals surface area (Å²) in [6.45, 7) is 4.68. The smallest absolute Gasteiger partial charge is 0.238 e. The first-order chi connectivity index (χ1) is 13.8. The molecule has 8 heteroatoms. The van der Waals surface area contributed by atoms with Crippen molar-refractivity contribution in [2.75, 3.05) is 38.0 Å². The zero-order valence-electron chi connectivity index (χ0n) is 16.1. The van der Waals surface area contributed by atoms with E-state index in [-0.39, 0.29) is 18.4 Å². The summed E-state index contributed by atoms with van der Waals surface area (Å²) in [6.07, 6.45) is 0.403. The normalized spacial score (nSPS) is 14.7. The van der Waals surface area contributed by atoms with Crippen LogP contribution in [0.4, 0.5) is 5.69 Å². The van der Waals surface area contributed by atoms with Gasteiger partial charge < -0.3 is 10.2 Å². The summed E-state index contributed by atoms with van der Waals surface area (Å²) in [7, 11) is 0. The Balaban J connectivity index is 1.49. The lowest BCUT2D eigenvalue weighted by molar-refractivity contribution is -0.132. The molecule has 1 aliphatic rings. The predicted octanol–water partition coefficient (Wildman–Crippen LogP) is 4.28. The Bertz CT molecular complexity index is 889. The molecule has 1 saturated heterocycles. The van der Waals surface area contributed by atoms with Crippen LogP contribution in [0.15, 0.2) is 36.4 Å². The van der Waals surface area contributed by atoms with Crippen molar-refractivity contribution in [1.29, 1.82) is 0 Å². The summed E-state index contributed by atoms with van der Waals surface area (Å²) >= 11 is 18.1. The SMILES string of the molecule is Cc1ccccc1CC(=O)N1CCN(CC(=O)Nc2c(Cl)cc(Cl)cc2Cl)CC1. The molecule has 0 spiro atoms. The number of halogens is 3. The zero-order chi connectivity index (χ0) is 21.0. The molecule has 2 amide bonds. The van der Waals surface area contributed by atoms with Gasteiger partial charge in [-0.25, -0.2) is 0 Å². The van der Waals surface area contributed by atoms with E-state index in [1.165, 1.54) is 12.1 Å². The fourth-order valence-corrected chi connectivity index (χ4v) is 4.19. The largest absolute Gasteiger partial charge is 0.340 e. The molecule has 1 aliphatic heterocycles. The van der Waals surface area contributed by atoms with Crippen molar-refractivity contribution in [2.45, 2.75) is 13.3 Å². The van der Waals surface area contributed by atoms with E-state index in [1.54, 1.807) is 0 Å². The molecule has 0 aliphatic carbocycles. The van der Waals surface area contributed by atoms with E-state index in [2.05, 4.69) is 5.32 Å². The Labute approximate surface area is 185 Å². The van der Waals surface area contributed by atoms with E-state index in [0.29, 0.717) is 53.4 Å². The highest BCUT2D eigenvalue weighted by Crippen LogP contribution is 2.33. The van der Waals surface area contributed by atoms with E-state index in [1.807, 2.05) is 41.0 Å². The second kappa shape index (κ2) is 9.81. The van der Waals surface area contributed by atoms with Crippen LogP contribution in [0.1, 0.15) is 11.1 Å². The van der Waals surface area contributed by atoms with Gasteiger partial charge in [0.15, 0.2) is 0 Å². The number of nitrogens with zero attached hydrogens (tertiary/aromatic N) is 2. The first-order valence-electron chi connectivity index (χ1n) is 9.32. The van der Waals surface area contributed by atoms with Crippen LogP contribution in [-0.4, -0.2) is 54.3 Å². The number of rotatable bonds is 5. The topological polar surface area (TPSA) is 52.7 Å². The number of nitrogens with one attached hydrogen (secondary N) is 1. The van der Waals surface area contributed by atoms with E-state index in [0.717, 1.165) is 11.1 Å². The third-order valence-corrected chi connectivity index (χ3v) is 5.78. The quantitative estimate of drug-likeness (QED) is 0.733. The second-order valence-electron chi connectivity index (χ2n) is 7.05. The van der Waals surface area contributed by atoms with Crippen LogP contribution in [0.5, 0.6) is 0 Å². The Morgan fingerprint density at radius 2 is 1.62 bits per heavy atom. The molecule has 0 bridgehead atoms. The van der Waals surface area contributed by atoms with Gasteiger partial charge in [0.1, 0.15) is 0 Å². The Kier molecular flexibility index (Phi) is 7.41. The molecule has 29 heavy (non-hydrogen) atoms. The fraction of sp³-hybridized carbons (Fsp3) is 0.333. The number of hydrogen-bond acceptors (Lipinski definition) is 3. The number of amides is 2. The summed E-state index contributed by atoms with van der Waals surface area (Å²) < 4.78 is 0.